The van der Waals surface area contributed by atoms with Gasteiger partial charge in [-0.2, -0.15) is 0 Å². The molecule has 0 aliphatic rings. The van der Waals surface area contributed by atoms with E-state index in [9.17, 15) is 5.11 Å². The van der Waals surface area contributed by atoms with E-state index in [0.29, 0.717) is 13.2 Å². The molecule has 120 valence electrons. The summed E-state index contributed by atoms with van der Waals surface area (Å²) in [7, 11) is 3.24. The number of hydrogen-bond acceptors (Lipinski definition) is 6. The van der Waals surface area contributed by atoms with Crippen LogP contribution in [0.3, 0.4) is 0 Å². The van der Waals surface area contributed by atoms with Gasteiger partial charge in [-0.05, 0) is 12.1 Å². The van der Waals surface area contributed by atoms with Gasteiger partial charge in [0.05, 0.1) is 46.3 Å². The largest absolute Gasteiger partial charge is 0.388 e. The number of rotatable bonds is 12. The van der Waals surface area contributed by atoms with E-state index in [1.807, 2.05) is 18.2 Å². The van der Waals surface area contributed by atoms with E-state index >= 15 is 0 Å². The van der Waals surface area contributed by atoms with Crippen molar-refractivity contribution in [3.05, 3.63) is 30.1 Å². The smallest absolute Gasteiger partial charge is 0.314 e. The Morgan fingerprint density at radius 3 is 2.62 bits per heavy atom. The lowest BCUT2D eigenvalue weighted by molar-refractivity contribution is -0.0237. The van der Waals surface area contributed by atoms with Crippen molar-refractivity contribution in [3.63, 3.8) is 0 Å². The van der Waals surface area contributed by atoms with Crippen LogP contribution < -0.4 is 0 Å². The van der Waals surface area contributed by atoms with E-state index in [1.54, 1.807) is 20.4 Å². The van der Waals surface area contributed by atoms with Crippen molar-refractivity contribution in [1.29, 1.82) is 0 Å². The molecule has 21 heavy (non-hydrogen) atoms. The zero-order chi connectivity index (χ0) is 15.3. The van der Waals surface area contributed by atoms with Gasteiger partial charge in [0.25, 0.3) is 0 Å². The van der Waals surface area contributed by atoms with Gasteiger partial charge in [0.15, 0.2) is 5.75 Å². The summed E-state index contributed by atoms with van der Waals surface area (Å²) in [5, 5.41) is 9.71. The molecule has 0 spiro atoms. The molecule has 1 N–H and O–H groups in total. The summed E-state index contributed by atoms with van der Waals surface area (Å²) in [5.41, 5.74) is 0.844. The Morgan fingerprint density at radius 1 is 1.19 bits per heavy atom. The molecule has 0 saturated heterocycles. The standard InChI is InChI=1S/C14H24NO5S/c1-17-21(18-2)9-5-8-19-11-14(16)12-20-10-13-6-3-4-7-15-13/h3-4,6-7,14,16H,5,8-12H2,1-2H3/q+1. The van der Waals surface area contributed by atoms with Crippen LogP contribution in [0.4, 0.5) is 0 Å². The van der Waals surface area contributed by atoms with Crippen LogP contribution >= 0.6 is 0 Å². The maximum absolute atomic E-state index is 9.71. The lowest BCUT2D eigenvalue weighted by atomic mass is 10.3. The topological polar surface area (TPSA) is 70.0 Å². The third-order valence-electron chi connectivity index (χ3n) is 2.57. The Labute approximate surface area is 129 Å². The lowest BCUT2D eigenvalue weighted by Gasteiger charge is -2.11. The van der Waals surface area contributed by atoms with Crippen molar-refractivity contribution in [2.45, 2.75) is 19.1 Å². The van der Waals surface area contributed by atoms with Gasteiger partial charge in [-0.15, -0.1) is 8.37 Å². The zero-order valence-corrected chi connectivity index (χ0v) is 13.4. The van der Waals surface area contributed by atoms with Crippen LogP contribution in [0, 0.1) is 0 Å². The van der Waals surface area contributed by atoms with Gasteiger partial charge in [0.2, 0.25) is 0 Å². The van der Waals surface area contributed by atoms with E-state index in [1.165, 1.54) is 0 Å². The average Bonchev–Trinajstić information content (AvgIpc) is 2.52. The van der Waals surface area contributed by atoms with E-state index in [4.69, 9.17) is 17.8 Å². The van der Waals surface area contributed by atoms with E-state index < -0.39 is 17.6 Å². The summed E-state index contributed by atoms with van der Waals surface area (Å²) in [6.45, 7) is 1.45. The minimum Gasteiger partial charge on any atom is -0.388 e. The second-order valence-electron chi connectivity index (χ2n) is 4.26. The molecule has 0 aromatic carbocycles. The zero-order valence-electron chi connectivity index (χ0n) is 12.6. The van der Waals surface area contributed by atoms with Crippen LogP contribution in [0.5, 0.6) is 0 Å². The fourth-order valence-corrected chi connectivity index (χ4v) is 2.39. The average molecular weight is 318 g/mol. The molecule has 0 bridgehead atoms. The first kappa shape index (κ1) is 18.3. The van der Waals surface area contributed by atoms with Gasteiger partial charge in [-0.1, -0.05) is 6.07 Å². The minimum absolute atomic E-state index is 0.233. The molecule has 0 amide bonds. The monoisotopic (exact) mass is 318 g/mol. The quantitative estimate of drug-likeness (QED) is 0.460. The molecule has 1 aromatic rings. The number of aliphatic hydroxyl groups is 1. The third-order valence-corrected chi connectivity index (χ3v) is 3.93. The van der Waals surface area contributed by atoms with Crippen molar-refractivity contribution in [2.24, 2.45) is 0 Å². The normalized spacial score (nSPS) is 12.8. The fraction of sp³-hybridized carbons (Fsp3) is 0.643. The van der Waals surface area contributed by atoms with Crippen LogP contribution in [0.2, 0.25) is 0 Å². The molecular formula is C14H24NO5S+. The predicted octanol–water partition coefficient (Wildman–Crippen LogP) is 1.11. The van der Waals surface area contributed by atoms with Crippen LogP contribution in [0.25, 0.3) is 0 Å². The highest BCUT2D eigenvalue weighted by atomic mass is 32.2. The van der Waals surface area contributed by atoms with Crippen molar-refractivity contribution in [1.82, 2.24) is 4.98 Å². The van der Waals surface area contributed by atoms with Gasteiger partial charge in [-0.25, -0.2) is 0 Å². The maximum atomic E-state index is 9.71. The van der Waals surface area contributed by atoms with Crippen LogP contribution in [0.1, 0.15) is 12.1 Å². The highest BCUT2D eigenvalue weighted by molar-refractivity contribution is 7.87. The minimum atomic E-state index is -0.628. The summed E-state index contributed by atoms with van der Waals surface area (Å²) in [6, 6.07) is 5.63. The van der Waals surface area contributed by atoms with Gasteiger partial charge < -0.3 is 14.6 Å². The summed E-state index contributed by atoms with van der Waals surface area (Å²) in [4.78, 5) is 4.13. The fourth-order valence-electron chi connectivity index (χ4n) is 1.56. The molecule has 0 aliphatic heterocycles. The van der Waals surface area contributed by atoms with E-state index in [2.05, 4.69) is 4.98 Å². The van der Waals surface area contributed by atoms with Crippen LogP contribution in [-0.2, 0) is 35.9 Å². The maximum Gasteiger partial charge on any atom is 0.314 e. The summed E-state index contributed by atoms with van der Waals surface area (Å²) in [6.07, 6.45) is 1.91. The molecule has 1 unspecified atom stereocenters. The Bertz CT molecular complexity index is 350. The molecule has 0 saturated carbocycles. The first-order valence-electron chi connectivity index (χ1n) is 6.79. The van der Waals surface area contributed by atoms with Crippen molar-refractivity contribution >= 4 is 11.5 Å². The number of aliphatic hydroxyl groups excluding tert-OH is 1. The summed E-state index contributed by atoms with van der Waals surface area (Å²) < 4.78 is 21.0. The van der Waals surface area contributed by atoms with Crippen molar-refractivity contribution in [3.8, 4) is 0 Å². The Kier molecular flexibility index (Phi) is 10.4. The highest BCUT2D eigenvalue weighted by Gasteiger charge is 2.17. The third kappa shape index (κ3) is 9.02. The summed E-state index contributed by atoms with van der Waals surface area (Å²) >= 11 is -0.453. The summed E-state index contributed by atoms with van der Waals surface area (Å²) in [5.74, 6) is 0.791. The van der Waals surface area contributed by atoms with E-state index in [-0.39, 0.29) is 13.2 Å². The number of hydrogen-bond donors (Lipinski definition) is 1. The molecule has 1 heterocycles. The Hall–Kier alpha value is -0.700. The van der Waals surface area contributed by atoms with Gasteiger partial charge in [0, 0.05) is 12.6 Å². The molecule has 0 fully saturated rings. The predicted molar refractivity (Wildman–Crippen MR) is 81.6 cm³/mol. The molecule has 7 heteroatoms. The molecule has 6 nitrogen and oxygen atoms in total. The lowest BCUT2D eigenvalue weighted by Crippen LogP contribution is -2.22. The van der Waals surface area contributed by atoms with Gasteiger partial charge in [0.1, 0.15) is 6.10 Å². The van der Waals surface area contributed by atoms with Crippen LogP contribution in [-0.4, -0.2) is 56.0 Å². The molecule has 1 aromatic heterocycles. The van der Waals surface area contributed by atoms with Crippen molar-refractivity contribution in [2.75, 3.05) is 39.8 Å². The number of aromatic nitrogens is 1. The number of ether oxygens (including phenoxy) is 2. The van der Waals surface area contributed by atoms with Crippen LogP contribution in [0.15, 0.2) is 24.4 Å². The molecule has 1 atom stereocenters. The molecule has 1 rings (SSSR count). The Balaban J connectivity index is 1.97. The number of pyridine rings is 1. The second-order valence-corrected chi connectivity index (χ2v) is 5.94. The number of nitrogens with zero attached hydrogens (tertiary/aromatic N) is 1. The molecule has 0 aliphatic carbocycles. The molecular weight excluding hydrogens is 294 g/mol. The Morgan fingerprint density at radius 2 is 1.95 bits per heavy atom. The molecule has 0 radical (unpaired) electrons. The van der Waals surface area contributed by atoms with Crippen molar-refractivity contribution < 1.29 is 22.9 Å². The second kappa shape index (κ2) is 11.9. The van der Waals surface area contributed by atoms with Gasteiger partial charge >= 0.3 is 11.5 Å². The highest BCUT2D eigenvalue weighted by Crippen LogP contribution is 2.01. The first-order valence-corrected chi connectivity index (χ1v) is 8.04. The SMILES string of the molecule is CO[S+](CCCOCC(O)COCc1ccccn1)OC. The van der Waals surface area contributed by atoms with Gasteiger partial charge in [-0.3, -0.25) is 4.98 Å². The van der Waals surface area contributed by atoms with E-state index in [0.717, 1.165) is 17.9 Å². The first-order chi connectivity index (χ1) is 10.3.